The Morgan fingerprint density at radius 3 is 2.78 bits per heavy atom. The Morgan fingerprint density at radius 2 is 2.11 bits per heavy atom. The van der Waals surface area contributed by atoms with Gasteiger partial charge in [-0.1, -0.05) is 31.5 Å². The molecule has 1 saturated carbocycles. The summed E-state index contributed by atoms with van der Waals surface area (Å²) in [4.78, 5) is 0.314. The maximum Gasteiger partial charge on any atom is 0.241 e. The second kappa shape index (κ2) is 5.38. The van der Waals surface area contributed by atoms with Crippen molar-refractivity contribution in [1.29, 1.82) is 0 Å². The number of sulfonamides is 1. The van der Waals surface area contributed by atoms with Crippen molar-refractivity contribution in [2.75, 3.05) is 0 Å². The molecule has 5 heteroatoms. The van der Waals surface area contributed by atoms with Crippen LogP contribution in [0, 0.1) is 5.92 Å². The molecule has 2 unspecified atom stereocenters. The van der Waals surface area contributed by atoms with E-state index in [1.807, 2.05) is 0 Å². The van der Waals surface area contributed by atoms with E-state index in [0.29, 0.717) is 16.4 Å². The van der Waals surface area contributed by atoms with Crippen LogP contribution in [0.25, 0.3) is 0 Å². The highest BCUT2D eigenvalue weighted by atomic mass is 32.2. The molecule has 2 rings (SSSR count). The summed E-state index contributed by atoms with van der Waals surface area (Å²) in [5.41, 5.74) is 6.24. The maximum absolute atomic E-state index is 12.2. The quantitative estimate of drug-likeness (QED) is 0.823. The molecule has 0 heterocycles. The Morgan fingerprint density at radius 1 is 1.39 bits per heavy atom. The number of nitrogens with one attached hydrogen (secondary N) is 1. The molecule has 4 nitrogen and oxygen atoms in total. The Bertz CT molecular complexity index is 513. The Kier molecular flexibility index (Phi) is 4.04. The van der Waals surface area contributed by atoms with E-state index in [9.17, 15) is 8.42 Å². The molecule has 0 bridgehead atoms. The van der Waals surface area contributed by atoms with Gasteiger partial charge in [0.1, 0.15) is 0 Å². The number of hydrogen-bond acceptors (Lipinski definition) is 3. The van der Waals surface area contributed by atoms with Crippen LogP contribution in [0.4, 0.5) is 0 Å². The number of nitrogens with two attached hydrogens (primary N) is 1. The first-order chi connectivity index (χ1) is 8.58. The van der Waals surface area contributed by atoms with Crippen molar-refractivity contribution in [1.82, 2.24) is 4.72 Å². The number of benzene rings is 1. The summed E-state index contributed by atoms with van der Waals surface area (Å²) >= 11 is 0. The van der Waals surface area contributed by atoms with Crippen LogP contribution < -0.4 is 10.5 Å². The fourth-order valence-electron chi connectivity index (χ4n) is 2.28. The third-order valence-corrected chi connectivity index (χ3v) is 4.96. The highest BCUT2D eigenvalue weighted by Crippen LogP contribution is 2.35. The average Bonchev–Trinajstić information content (AvgIpc) is 3.07. The summed E-state index contributed by atoms with van der Waals surface area (Å²) < 4.78 is 27.3. The zero-order chi connectivity index (χ0) is 13.2. The van der Waals surface area contributed by atoms with E-state index in [0.717, 1.165) is 19.3 Å². The lowest BCUT2D eigenvalue weighted by atomic mass is 10.2. The zero-order valence-electron chi connectivity index (χ0n) is 10.6. The normalized spacial score (nSPS) is 23.0. The molecular weight excluding hydrogens is 248 g/mol. The van der Waals surface area contributed by atoms with Gasteiger partial charge in [-0.25, -0.2) is 13.1 Å². The van der Waals surface area contributed by atoms with Crippen molar-refractivity contribution in [2.45, 2.75) is 43.7 Å². The third kappa shape index (κ3) is 2.91. The van der Waals surface area contributed by atoms with Gasteiger partial charge >= 0.3 is 0 Å². The summed E-state index contributed by atoms with van der Waals surface area (Å²) in [6, 6.07) is 7.01. The van der Waals surface area contributed by atoms with Crippen LogP contribution in [-0.4, -0.2) is 14.5 Å². The molecule has 3 N–H and O–H groups in total. The molecule has 1 aliphatic carbocycles. The van der Waals surface area contributed by atoms with Gasteiger partial charge in [0.15, 0.2) is 0 Å². The molecule has 0 radical (unpaired) electrons. The third-order valence-electron chi connectivity index (χ3n) is 3.37. The van der Waals surface area contributed by atoms with Gasteiger partial charge in [-0.05, 0) is 30.4 Å². The van der Waals surface area contributed by atoms with E-state index >= 15 is 0 Å². The number of hydrogen-bond donors (Lipinski definition) is 2. The molecule has 0 amide bonds. The minimum Gasteiger partial charge on any atom is -0.326 e. The van der Waals surface area contributed by atoms with Crippen LogP contribution in [-0.2, 0) is 16.6 Å². The lowest BCUT2D eigenvalue weighted by Gasteiger charge is -2.10. The smallest absolute Gasteiger partial charge is 0.241 e. The summed E-state index contributed by atoms with van der Waals surface area (Å²) in [6.45, 7) is 2.35. The predicted molar refractivity (Wildman–Crippen MR) is 71.5 cm³/mol. The second-order valence-electron chi connectivity index (χ2n) is 4.82. The molecular formula is C13H20N2O2S. The van der Waals surface area contributed by atoms with Crippen molar-refractivity contribution in [3.05, 3.63) is 29.8 Å². The lowest BCUT2D eigenvalue weighted by molar-refractivity contribution is 0.572. The molecule has 2 atom stereocenters. The number of rotatable bonds is 6. The second-order valence-corrected chi connectivity index (χ2v) is 6.51. The van der Waals surface area contributed by atoms with Gasteiger partial charge in [-0.15, -0.1) is 0 Å². The summed E-state index contributed by atoms with van der Waals surface area (Å²) in [7, 11) is -3.42. The highest BCUT2D eigenvalue weighted by molar-refractivity contribution is 7.89. The van der Waals surface area contributed by atoms with Crippen LogP contribution in [0.15, 0.2) is 29.2 Å². The van der Waals surface area contributed by atoms with E-state index in [1.165, 1.54) is 0 Å². The van der Waals surface area contributed by atoms with Crippen molar-refractivity contribution in [2.24, 2.45) is 11.7 Å². The van der Waals surface area contributed by atoms with E-state index in [4.69, 9.17) is 5.73 Å². The summed E-state index contributed by atoms with van der Waals surface area (Å²) in [5.74, 6) is 0.509. The highest BCUT2D eigenvalue weighted by Gasteiger charge is 2.39. The van der Waals surface area contributed by atoms with E-state index in [1.54, 1.807) is 24.3 Å². The van der Waals surface area contributed by atoms with Gasteiger partial charge in [0.2, 0.25) is 10.0 Å². The standard InChI is InChI=1S/C13H20N2O2S/c1-2-5-10-8-12(10)15-18(16,17)13-7-4-3-6-11(13)9-14/h3-4,6-7,10,12,15H,2,5,8-9,14H2,1H3. The SMILES string of the molecule is CCCC1CC1NS(=O)(=O)c1ccccc1CN. The van der Waals surface area contributed by atoms with Gasteiger partial charge < -0.3 is 5.73 Å². The van der Waals surface area contributed by atoms with Crippen molar-refractivity contribution >= 4 is 10.0 Å². The fourth-order valence-corrected chi connectivity index (χ4v) is 3.85. The Hall–Kier alpha value is -0.910. The fraction of sp³-hybridized carbons (Fsp3) is 0.538. The predicted octanol–water partition coefficient (Wildman–Crippen LogP) is 1.61. The average molecular weight is 268 g/mol. The van der Waals surface area contributed by atoms with Gasteiger partial charge in [0.25, 0.3) is 0 Å². The minimum atomic E-state index is -3.42. The minimum absolute atomic E-state index is 0.112. The maximum atomic E-state index is 12.2. The monoisotopic (exact) mass is 268 g/mol. The van der Waals surface area contributed by atoms with Crippen LogP contribution in [0.2, 0.25) is 0 Å². The molecule has 1 aliphatic rings. The van der Waals surface area contributed by atoms with Gasteiger partial charge in [0, 0.05) is 12.6 Å². The first-order valence-corrected chi connectivity index (χ1v) is 7.87. The molecule has 100 valence electrons. The van der Waals surface area contributed by atoms with Gasteiger partial charge in [-0.3, -0.25) is 0 Å². The van der Waals surface area contributed by atoms with Crippen molar-refractivity contribution < 1.29 is 8.42 Å². The van der Waals surface area contributed by atoms with Crippen LogP contribution in [0.3, 0.4) is 0 Å². The molecule has 0 aromatic heterocycles. The first kappa shape index (κ1) is 13.5. The molecule has 1 fully saturated rings. The molecule has 18 heavy (non-hydrogen) atoms. The largest absolute Gasteiger partial charge is 0.326 e. The summed E-state index contributed by atoms with van der Waals surface area (Å²) in [6.07, 6.45) is 3.14. The van der Waals surface area contributed by atoms with Crippen LogP contribution in [0.1, 0.15) is 31.7 Å². The molecule has 1 aromatic carbocycles. The van der Waals surface area contributed by atoms with E-state index < -0.39 is 10.0 Å². The lowest BCUT2D eigenvalue weighted by Crippen LogP contribution is -2.28. The topological polar surface area (TPSA) is 72.2 Å². The van der Waals surface area contributed by atoms with Gasteiger partial charge in [0.05, 0.1) is 4.90 Å². The molecule has 1 aromatic rings. The van der Waals surface area contributed by atoms with E-state index in [2.05, 4.69) is 11.6 Å². The Balaban J connectivity index is 2.12. The molecule has 0 aliphatic heterocycles. The first-order valence-electron chi connectivity index (χ1n) is 6.38. The van der Waals surface area contributed by atoms with Crippen LogP contribution >= 0.6 is 0 Å². The molecule has 0 saturated heterocycles. The van der Waals surface area contributed by atoms with Gasteiger partial charge in [-0.2, -0.15) is 0 Å². The molecule has 0 spiro atoms. The van der Waals surface area contributed by atoms with Crippen molar-refractivity contribution in [3.8, 4) is 0 Å². The Labute approximate surface area is 109 Å². The summed E-state index contributed by atoms with van der Waals surface area (Å²) in [5, 5.41) is 0. The van der Waals surface area contributed by atoms with Crippen molar-refractivity contribution in [3.63, 3.8) is 0 Å². The van der Waals surface area contributed by atoms with E-state index in [-0.39, 0.29) is 12.6 Å². The zero-order valence-corrected chi connectivity index (χ0v) is 11.4. The van der Waals surface area contributed by atoms with Crippen LogP contribution in [0.5, 0.6) is 0 Å².